The van der Waals surface area contributed by atoms with E-state index in [-0.39, 0.29) is 22.4 Å². The van der Waals surface area contributed by atoms with Crippen LogP contribution in [0, 0.1) is 5.92 Å². The van der Waals surface area contributed by atoms with Crippen molar-refractivity contribution >= 4 is 27.6 Å². The average Bonchev–Trinajstić information content (AvgIpc) is 2.49. The Bertz CT molecular complexity index is 647. The molecule has 0 amide bonds. The number of aromatic hydroxyl groups is 1. The van der Waals surface area contributed by atoms with Crippen LogP contribution in [0.5, 0.6) is 5.75 Å². The van der Waals surface area contributed by atoms with Crippen molar-refractivity contribution in [3.05, 3.63) is 23.2 Å². The third kappa shape index (κ3) is 5.37. The summed E-state index contributed by atoms with van der Waals surface area (Å²) in [7, 11) is -4.12. The van der Waals surface area contributed by atoms with E-state index in [2.05, 4.69) is 4.72 Å². The fraction of sp³-hybridized carbons (Fsp3) is 0.533. The zero-order valence-electron chi connectivity index (χ0n) is 13.4. The maximum atomic E-state index is 12.5. The summed E-state index contributed by atoms with van der Waals surface area (Å²) in [5, 5.41) is 9.77. The number of carbonyl (C=O) groups excluding carboxylic acids is 1. The molecule has 2 atom stereocenters. The summed E-state index contributed by atoms with van der Waals surface area (Å²) in [6.45, 7) is 5.66. The summed E-state index contributed by atoms with van der Waals surface area (Å²) in [5.41, 5.74) is 0. The van der Waals surface area contributed by atoms with E-state index in [0.29, 0.717) is 6.42 Å². The van der Waals surface area contributed by atoms with Crippen molar-refractivity contribution in [2.75, 3.05) is 6.61 Å². The number of ether oxygens (including phenoxy) is 1. The minimum absolute atomic E-state index is 0.0810. The lowest BCUT2D eigenvalue weighted by Gasteiger charge is -2.20. The van der Waals surface area contributed by atoms with Gasteiger partial charge in [-0.15, -0.1) is 0 Å². The van der Waals surface area contributed by atoms with Crippen LogP contribution in [-0.4, -0.2) is 32.1 Å². The number of hydrogen-bond acceptors (Lipinski definition) is 5. The van der Waals surface area contributed by atoms with Crippen molar-refractivity contribution in [2.24, 2.45) is 5.92 Å². The molecule has 23 heavy (non-hydrogen) atoms. The lowest BCUT2D eigenvalue weighted by molar-refractivity contribution is -0.145. The van der Waals surface area contributed by atoms with E-state index in [1.807, 2.05) is 13.8 Å². The van der Waals surface area contributed by atoms with Gasteiger partial charge < -0.3 is 9.84 Å². The van der Waals surface area contributed by atoms with Crippen LogP contribution >= 0.6 is 11.6 Å². The van der Waals surface area contributed by atoms with Crippen LogP contribution in [0.2, 0.25) is 5.02 Å². The molecule has 0 saturated carbocycles. The van der Waals surface area contributed by atoms with Crippen LogP contribution in [0.15, 0.2) is 23.1 Å². The SMILES string of the molecule is CCOC(=O)C(CC(C)CC)NS(=O)(=O)c1cccc(Cl)c1O. The third-order valence-electron chi connectivity index (χ3n) is 3.44. The molecule has 0 saturated heterocycles. The molecule has 0 bridgehead atoms. The molecule has 0 aliphatic rings. The number of hydrogen-bond donors (Lipinski definition) is 2. The number of para-hydroxylation sites is 1. The van der Waals surface area contributed by atoms with Crippen LogP contribution in [0.3, 0.4) is 0 Å². The second-order valence-electron chi connectivity index (χ2n) is 5.26. The lowest BCUT2D eigenvalue weighted by Crippen LogP contribution is -2.42. The zero-order chi connectivity index (χ0) is 17.6. The number of phenolic OH excluding ortho intramolecular Hbond substituents is 1. The first-order valence-electron chi connectivity index (χ1n) is 7.39. The van der Waals surface area contributed by atoms with E-state index < -0.39 is 27.8 Å². The molecule has 0 aliphatic heterocycles. The van der Waals surface area contributed by atoms with Gasteiger partial charge in [-0.1, -0.05) is 37.9 Å². The van der Waals surface area contributed by atoms with Gasteiger partial charge in [0.15, 0.2) is 5.75 Å². The van der Waals surface area contributed by atoms with Gasteiger partial charge in [-0.3, -0.25) is 4.79 Å². The summed E-state index contributed by atoms with van der Waals surface area (Å²) >= 11 is 5.74. The Labute approximate surface area is 141 Å². The van der Waals surface area contributed by atoms with Gasteiger partial charge in [-0.2, -0.15) is 4.72 Å². The van der Waals surface area contributed by atoms with E-state index >= 15 is 0 Å². The summed E-state index contributed by atoms with van der Waals surface area (Å²) < 4.78 is 32.2. The Morgan fingerprint density at radius 2 is 2.04 bits per heavy atom. The normalized spacial score (nSPS) is 14.3. The van der Waals surface area contributed by atoms with Gasteiger partial charge in [0.25, 0.3) is 0 Å². The molecular weight excluding hydrogens is 342 g/mol. The quantitative estimate of drug-likeness (QED) is 0.693. The van der Waals surface area contributed by atoms with Crippen molar-refractivity contribution in [1.82, 2.24) is 4.72 Å². The highest BCUT2D eigenvalue weighted by Crippen LogP contribution is 2.30. The highest BCUT2D eigenvalue weighted by atomic mass is 35.5. The van der Waals surface area contributed by atoms with Gasteiger partial charge in [0.1, 0.15) is 10.9 Å². The van der Waals surface area contributed by atoms with Crippen molar-refractivity contribution in [3.63, 3.8) is 0 Å². The zero-order valence-corrected chi connectivity index (χ0v) is 14.9. The minimum atomic E-state index is -4.12. The van der Waals surface area contributed by atoms with Crippen molar-refractivity contribution < 1.29 is 23.1 Å². The molecular formula is C15H22ClNO5S. The number of sulfonamides is 1. The van der Waals surface area contributed by atoms with Crippen molar-refractivity contribution in [1.29, 1.82) is 0 Å². The van der Waals surface area contributed by atoms with Crippen LogP contribution in [0.4, 0.5) is 0 Å². The van der Waals surface area contributed by atoms with Gasteiger partial charge in [0.05, 0.1) is 11.6 Å². The van der Waals surface area contributed by atoms with Crippen LogP contribution in [0.1, 0.15) is 33.6 Å². The topological polar surface area (TPSA) is 92.7 Å². The highest BCUT2D eigenvalue weighted by Gasteiger charge is 2.30. The number of nitrogens with one attached hydrogen (secondary N) is 1. The molecule has 0 aromatic heterocycles. The summed E-state index contributed by atoms with van der Waals surface area (Å²) in [4.78, 5) is 11.6. The standard InChI is InChI=1S/C15H22ClNO5S/c1-4-10(3)9-12(15(19)22-5-2)17-23(20,21)13-8-6-7-11(16)14(13)18/h6-8,10,12,17-18H,4-5,9H2,1-3H3. The van der Waals surface area contributed by atoms with Crippen LogP contribution in [0.25, 0.3) is 0 Å². The summed E-state index contributed by atoms with van der Waals surface area (Å²) in [6, 6.07) is 2.98. The minimum Gasteiger partial charge on any atom is -0.505 e. The van der Waals surface area contributed by atoms with E-state index in [0.717, 1.165) is 6.42 Å². The monoisotopic (exact) mass is 363 g/mol. The Kier molecular flexibility index (Phi) is 7.31. The molecule has 1 aromatic carbocycles. The molecule has 0 spiro atoms. The molecule has 2 unspecified atom stereocenters. The van der Waals surface area contributed by atoms with Crippen LogP contribution in [-0.2, 0) is 19.6 Å². The molecule has 6 nitrogen and oxygen atoms in total. The second-order valence-corrected chi connectivity index (χ2v) is 7.35. The fourth-order valence-corrected chi connectivity index (χ4v) is 3.51. The van der Waals surface area contributed by atoms with E-state index in [4.69, 9.17) is 16.3 Å². The molecule has 0 aliphatic carbocycles. The Morgan fingerprint density at radius 3 is 2.61 bits per heavy atom. The van der Waals surface area contributed by atoms with Crippen molar-refractivity contribution in [2.45, 2.75) is 44.6 Å². The number of esters is 1. The molecule has 0 radical (unpaired) electrons. The second kappa shape index (κ2) is 8.52. The van der Waals surface area contributed by atoms with E-state index in [9.17, 15) is 18.3 Å². The molecule has 8 heteroatoms. The molecule has 0 heterocycles. The molecule has 0 fully saturated rings. The largest absolute Gasteiger partial charge is 0.505 e. The maximum absolute atomic E-state index is 12.5. The number of phenols is 1. The van der Waals surface area contributed by atoms with Crippen LogP contribution < -0.4 is 4.72 Å². The fourth-order valence-electron chi connectivity index (χ4n) is 1.97. The Hall–Kier alpha value is -1.31. The molecule has 1 rings (SSSR count). The van der Waals surface area contributed by atoms with Gasteiger partial charge >= 0.3 is 5.97 Å². The van der Waals surface area contributed by atoms with Crippen molar-refractivity contribution in [3.8, 4) is 5.75 Å². The maximum Gasteiger partial charge on any atom is 0.324 e. The first kappa shape index (κ1) is 19.7. The number of carbonyl (C=O) groups is 1. The number of halogens is 1. The Balaban J connectivity index is 3.09. The predicted octanol–water partition coefficient (Wildman–Crippen LogP) is 2.69. The average molecular weight is 364 g/mol. The highest BCUT2D eigenvalue weighted by molar-refractivity contribution is 7.89. The van der Waals surface area contributed by atoms with Gasteiger partial charge in [-0.05, 0) is 31.4 Å². The Morgan fingerprint density at radius 1 is 1.39 bits per heavy atom. The van der Waals surface area contributed by atoms with E-state index in [1.165, 1.54) is 18.2 Å². The molecule has 130 valence electrons. The third-order valence-corrected chi connectivity index (χ3v) is 5.25. The molecule has 2 N–H and O–H groups in total. The van der Waals surface area contributed by atoms with Gasteiger partial charge in [0.2, 0.25) is 10.0 Å². The van der Waals surface area contributed by atoms with E-state index in [1.54, 1.807) is 6.92 Å². The van der Waals surface area contributed by atoms with Gasteiger partial charge in [0, 0.05) is 0 Å². The lowest BCUT2D eigenvalue weighted by atomic mass is 10.00. The van der Waals surface area contributed by atoms with Gasteiger partial charge in [-0.25, -0.2) is 8.42 Å². The smallest absolute Gasteiger partial charge is 0.324 e. The molecule has 1 aromatic rings. The summed E-state index contributed by atoms with van der Waals surface area (Å²) in [6.07, 6.45) is 1.09. The number of benzene rings is 1. The summed E-state index contributed by atoms with van der Waals surface area (Å²) in [5.74, 6) is -1.06. The first-order valence-corrected chi connectivity index (χ1v) is 9.25. The number of rotatable bonds is 8. The first-order chi connectivity index (χ1) is 10.7. The predicted molar refractivity (Wildman–Crippen MR) is 87.9 cm³/mol.